The summed E-state index contributed by atoms with van der Waals surface area (Å²) in [7, 11) is 0. The maximum atomic E-state index is 6.10. The maximum Gasteiger partial charge on any atom is 0.123 e. The van der Waals surface area contributed by atoms with Gasteiger partial charge in [-0.25, -0.2) is 4.98 Å². The van der Waals surface area contributed by atoms with Crippen LogP contribution >= 0.6 is 11.6 Å². The summed E-state index contributed by atoms with van der Waals surface area (Å²) >= 11 is 6.10. The second kappa shape index (κ2) is 5.69. The van der Waals surface area contributed by atoms with Crippen molar-refractivity contribution in [2.24, 2.45) is 5.73 Å². The van der Waals surface area contributed by atoms with Crippen LogP contribution in [0.25, 0.3) is 11.0 Å². The molecular formula is C15H16ClN3O. The molecule has 4 nitrogen and oxygen atoms in total. The van der Waals surface area contributed by atoms with E-state index in [1.165, 1.54) is 0 Å². The predicted molar refractivity (Wildman–Crippen MR) is 79.9 cm³/mol. The number of nitrogens with zero attached hydrogens (tertiary/aromatic N) is 2. The normalized spacial score (nSPS) is 11.3. The average Bonchev–Trinajstić information content (AvgIpc) is 3.06. The van der Waals surface area contributed by atoms with Gasteiger partial charge < -0.3 is 14.7 Å². The molecule has 3 aromatic rings. The number of hydrogen-bond acceptors (Lipinski definition) is 3. The second-order valence-electron chi connectivity index (χ2n) is 4.72. The number of aromatic nitrogens is 2. The van der Waals surface area contributed by atoms with Gasteiger partial charge in [0.2, 0.25) is 0 Å². The van der Waals surface area contributed by atoms with Crippen molar-refractivity contribution in [3.05, 3.63) is 53.2 Å². The van der Waals surface area contributed by atoms with Gasteiger partial charge in [0.15, 0.2) is 0 Å². The van der Waals surface area contributed by atoms with Gasteiger partial charge >= 0.3 is 0 Å². The first-order chi connectivity index (χ1) is 9.78. The lowest BCUT2D eigenvalue weighted by Crippen LogP contribution is -2.07. The fourth-order valence-corrected chi connectivity index (χ4v) is 2.50. The van der Waals surface area contributed by atoms with Crippen LogP contribution in [0.1, 0.15) is 18.0 Å². The second-order valence-corrected chi connectivity index (χ2v) is 5.16. The van der Waals surface area contributed by atoms with E-state index in [2.05, 4.69) is 9.55 Å². The molecular weight excluding hydrogens is 274 g/mol. The molecule has 0 spiro atoms. The molecule has 0 aliphatic carbocycles. The lowest BCUT2D eigenvalue weighted by Gasteiger charge is -2.07. The Morgan fingerprint density at radius 2 is 2.20 bits per heavy atom. The predicted octanol–water partition coefficient (Wildman–Crippen LogP) is 3.22. The highest BCUT2D eigenvalue weighted by Gasteiger charge is 2.12. The Labute approximate surface area is 122 Å². The number of furan rings is 1. The van der Waals surface area contributed by atoms with Gasteiger partial charge in [-0.1, -0.05) is 11.6 Å². The van der Waals surface area contributed by atoms with Gasteiger partial charge in [-0.15, -0.1) is 0 Å². The Hall–Kier alpha value is -1.78. The minimum atomic E-state index is 0.656. The molecule has 2 N–H and O–H groups in total. The molecule has 0 fully saturated rings. The number of halogens is 1. The molecule has 0 aliphatic heterocycles. The van der Waals surface area contributed by atoms with Crippen molar-refractivity contribution in [3.63, 3.8) is 0 Å². The minimum Gasteiger partial charge on any atom is -0.467 e. The van der Waals surface area contributed by atoms with E-state index >= 15 is 0 Å². The Bertz CT molecular complexity index is 703. The van der Waals surface area contributed by atoms with Crippen LogP contribution < -0.4 is 5.73 Å². The zero-order valence-electron chi connectivity index (χ0n) is 11.1. The van der Waals surface area contributed by atoms with Gasteiger partial charge in [0.1, 0.15) is 11.6 Å². The SMILES string of the molecule is NCCCc1nc2ccc(Cl)cc2n1Cc1ccco1. The topological polar surface area (TPSA) is 57.0 Å². The molecule has 3 rings (SSSR count). The van der Waals surface area contributed by atoms with E-state index in [1.807, 2.05) is 30.3 Å². The molecule has 2 heterocycles. The van der Waals surface area contributed by atoms with Crippen LogP contribution in [-0.2, 0) is 13.0 Å². The number of nitrogens with two attached hydrogens (primary N) is 1. The maximum absolute atomic E-state index is 6.10. The number of fused-ring (bicyclic) bond motifs is 1. The van der Waals surface area contributed by atoms with E-state index in [0.29, 0.717) is 18.1 Å². The quantitative estimate of drug-likeness (QED) is 0.784. The average molecular weight is 290 g/mol. The van der Waals surface area contributed by atoms with Crippen molar-refractivity contribution in [3.8, 4) is 0 Å². The van der Waals surface area contributed by atoms with Crippen LogP contribution in [0.3, 0.4) is 0 Å². The van der Waals surface area contributed by atoms with Gasteiger partial charge in [-0.3, -0.25) is 0 Å². The molecule has 104 valence electrons. The number of benzene rings is 1. The summed E-state index contributed by atoms with van der Waals surface area (Å²) in [6, 6.07) is 9.60. The van der Waals surface area contributed by atoms with Crippen LogP contribution in [0.5, 0.6) is 0 Å². The van der Waals surface area contributed by atoms with Crippen LogP contribution in [-0.4, -0.2) is 16.1 Å². The largest absolute Gasteiger partial charge is 0.467 e. The third-order valence-electron chi connectivity index (χ3n) is 3.29. The first-order valence-corrected chi connectivity index (χ1v) is 7.03. The molecule has 0 aliphatic rings. The van der Waals surface area contributed by atoms with Gasteiger partial charge in [-0.2, -0.15) is 0 Å². The van der Waals surface area contributed by atoms with Gasteiger partial charge in [-0.05, 0) is 43.3 Å². The molecule has 20 heavy (non-hydrogen) atoms. The summed E-state index contributed by atoms with van der Waals surface area (Å²) in [5.74, 6) is 1.92. The summed E-state index contributed by atoms with van der Waals surface area (Å²) in [4.78, 5) is 4.68. The summed E-state index contributed by atoms with van der Waals surface area (Å²) in [5, 5.41) is 0.712. The standard InChI is InChI=1S/C15H16ClN3O/c16-11-5-6-13-14(9-11)19(10-12-3-2-8-20-12)15(18-13)4-1-7-17/h2-3,5-6,8-9H,1,4,7,10,17H2. The molecule has 0 amide bonds. The molecule has 0 unspecified atom stereocenters. The first kappa shape index (κ1) is 13.2. The Kier molecular flexibility index (Phi) is 3.76. The molecule has 1 aromatic carbocycles. The molecule has 0 saturated heterocycles. The third-order valence-corrected chi connectivity index (χ3v) is 3.52. The summed E-state index contributed by atoms with van der Waals surface area (Å²) in [6.45, 7) is 1.31. The highest BCUT2D eigenvalue weighted by molar-refractivity contribution is 6.31. The highest BCUT2D eigenvalue weighted by Crippen LogP contribution is 2.22. The van der Waals surface area contributed by atoms with Crippen LogP contribution in [0.15, 0.2) is 41.0 Å². The van der Waals surface area contributed by atoms with E-state index in [9.17, 15) is 0 Å². The fourth-order valence-electron chi connectivity index (χ4n) is 2.33. The van der Waals surface area contributed by atoms with E-state index in [1.54, 1.807) is 6.26 Å². The lowest BCUT2D eigenvalue weighted by atomic mass is 10.3. The summed E-state index contributed by atoms with van der Waals surface area (Å²) in [6.07, 6.45) is 3.44. The zero-order valence-corrected chi connectivity index (χ0v) is 11.8. The van der Waals surface area contributed by atoms with Crippen molar-refractivity contribution in [1.29, 1.82) is 0 Å². The Balaban J connectivity index is 2.06. The van der Waals surface area contributed by atoms with Crippen LogP contribution in [0, 0.1) is 0 Å². The number of hydrogen-bond donors (Lipinski definition) is 1. The van der Waals surface area contributed by atoms with Crippen molar-refractivity contribution in [2.75, 3.05) is 6.54 Å². The third kappa shape index (κ3) is 2.57. The summed E-state index contributed by atoms with van der Waals surface area (Å²) < 4.78 is 7.59. The fraction of sp³-hybridized carbons (Fsp3) is 0.267. The monoisotopic (exact) mass is 289 g/mol. The molecule has 2 aromatic heterocycles. The molecule has 0 saturated carbocycles. The first-order valence-electron chi connectivity index (χ1n) is 6.65. The van der Waals surface area contributed by atoms with E-state index in [4.69, 9.17) is 21.8 Å². The molecule has 0 bridgehead atoms. The Morgan fingerprint density at radius 1 is 1.30 bits per heavy atom. The molecule has 0 atom stereocenters. The van der Waals surface area contributed by atoms with Crippen molar-refractivity contribution < 1.29 is 4.42 Å². The summed E-state index contributed by atoms with van der Waals surface area (Å²) in [5.41, 5.74) is 7.58. The van der Waals surface area contributed by atoms with Crippen LogP contribution in [0.4, 0.5) is 0 Å². The molecule has 5 heteroatoms. The van der Waals surface area contributed by atoms with Gasteiger partial charge in [0.05, 0.1) is 23.8 Å². The van der Waals surface area contributed by atoms with Crippen molar-refractivity contribution in [2.45, 2.75) is 19.4 Å². The van der Waals surface area contributed by atoms with Gasteiger partial charge in [0, 0.05) is 11.4 Å². The number of aryl methyl sites for hydroxylation is 1. The minimum absolute atomic E-state index is 0.656. The van der Waals surface area contributed by atoms with Crippen molar-refractivity contribution >= 4 is 22.6 Å². The number of imidazole rings is 1. The van der Waals surface area contributed by atoms with Crippen LogP contribution in [0.2, 0.25) is 5.02 Å². The van der Waals surface area contributed by atoms with Gasteiger partial charge in [0.25, 0.3) is 0 Å². The van der Waals surface area contributed by atoms with E-state index in [0.717, 1.165) is 35.5 Å². The van der Waals surface area contributed by atoms with E-state index in [-0.39, 0.29) is 0 Å². The molecule has 0 radical (unpaired) electrons. The lowest BCUT2D eigenvalue weighted by molar-refractivity contribution is 0.491. The highest BCUT2D eigenvalue weighted by atomic mass is 35.5. The van der Waals surface area contributed by atoms with Crippen molar-refractivity contribution in [1.82, 2.24) is 9.55 Å². The Morgan fingerprint density at radius 3 is 2.95 bits per heavy atom. The zero-order chi connectivity index (χ0) is 13.9. The number of rotatable bonds is 5. The van der Waals surface area contributed by atoms with E-state index < -0.39 is 0 Å². The smallest absolute Gasteiger partial charge is 0.123 e.